The van der Waals surface area contributed by atoms with Crippen LogP contribution in [0.25, 0.3) is 10.8 Å². The zero-order chi connectivity index (χ0) is 41.9. The molecule has 27 heteroatoms. The lowest BCUT2D eigenvalue weighted by atomic mass is 10.0. The molecule has 0 saturated carbocycles. The van der Waals surface area contributed by atoms with Gasteiger partial charge in [-0.1, -0.05) is 18.7 Å². The second-order valence-electron chi connectivity index (χ2n) is 10.8. The lowest BCUT2D eigenvalue weighted by Crippen LogP contribution is -2.16. The quantitative estimate of drug-likeness (QED) is 0.0724. The molecule has 0 aliphatic carbocycles. The van der Waals surface area contributed by atoms with Crippen molar-refractivity contribution in [3.8, 4) is 17.2 Å². The van der Waals surface area contributed by atoms with Crippen LogP contribution >= 0.6 is 0 Å². The van der Waals surface area contributed by atoms with Crippen molar-refractivity contribution in [2.24, 2.45) is 20.5 Å². The highest BCUT2D eigenvalue weighted by atomic mass is 32.3. The highest BCUT2D eigenvalue weighted by Crippen LogP contribution is 2.48. The van der Waals surface area contributed by atoms with Crippen molar-refractivity contribution in [2.75, 3.05) is 37.8 Å². The number of aromatic hydroxyl groups is 1. The molecule has 0 amide bonds. The molecule has 4 rings (SSSR count). The minimum atomic E-state index is -5.28. The number of azo groups is 2. The molecule has 0 atom stereocenters. The van der Waals surface area contributed by atoms with Crippen LogP contribution in [0, 0.1) is 0 Å². The zero-order valence-corrected chi connectivity index (χ0v) is 32.6. The smallest absolute Gasteiger partial charge is 0.397 e. The van der Waals surface area contributed by atoms with Gasteiger partial charge >= 0.3 is 10.4 Å². The van der Waals surface area contributed by atoms with Gasteiger partial charge in [0.2, 0.25) is 9.84 Å². The fourth-order valence-electron chi connectivity index (χ4n) is 4.77. The number of methoxy groups -OCH3 is 2. The topological polar surface area (TPSA) is 341 Å². The monoisotopic (exact) mass is 879 g/mol. The summed E-state index contributed by atoms with van der Waals surface area (Å²) in [4.78, 5) is -2.00. The summed E-state index contributed by atoms with van der Waals surface area (Å²) < 4.78 is 164. The van der Waals surface area contributed by atoms with Gasteiger partial charge in [-0.05, 0) is 30.3 Å². The average molecular weight is 880 g/mol. The third-order valence-electron chi connectivity index (χ3n) is 7.20. The molecular formula is C29H29N5O17S5. The van der Waals surface area contributed by atoms with E-state index in [1.165, 1.54) is 36.4 Å². The summed E-state index contributed by atoms with van der Waals surface area (Å²) in [5.74, 6) is -3.82. The molecule has 4 aromatic carbocycles. The number of nitrogens with one attached hydrogen (secondary N) is 1. The first-order valence-electron chi connectivity index (χ1n) is 14.8. The molecule has 0 heterocycles. The van der Waals surface area contributed by atoms with Crippen LogP contribution in [0.1, 0.15) is 0 Å². The van der Waals surface area contributed by atoms with Crippen LogP contribution in [0.3, 0.4) is 0 Å². The maximum Gasteiger partial charge on any atom is 0.397 e. The molecule has 0 aliphatic heterocycles. The highest BCUT2D eigenvalue weighted by molar-refractivity contribution is 7.94. The molecule has 0 spiro atoms. The van der Waals surface area contributed by atoms with Gasteiger partial charge in [-0.3, -0.25) is 13.7 Å². The number of fused-ring (bicyclic) bond motifs is 1. The van der Waals surface area contributed by atoms with E-state index in [1.807, 2.05) is 0 Å². The molecule has 22 nitrogen and oxygen atoms in total. The number of sulfone groups is 2. The Morgan fingerprint density at radius 1 is 0.732 bits per heavy atom. The van der Waals surface area contributed by atoms with Crippen molar-refractivity contribution < 1.29 is 74.5 Å². The number of hydrogen-bond acceptors (Lipinski definition) is 19. The lowest BCUT2D eigenvalue weighted by Gasteiger charge is -2.16. The summed E-state index contributed by atoms with van der Waals surface area (Å²) in [7, 11) is -21.3. The normalized spacial score (nSPS) is 13.0. The number of ether oxygens (including phenoxy) is 2. The highest BCUT2D eigenvalue weighted by Gasteiger charge is 2.27. The van der Waals surface area contributed by atoms with E-state index in [4.69, 9.17) is 14.0 Å². The Bertz CT molecular complexity index is 2850. The van der Waals surface area contributed by atoms with Gasteiger partial charge in [0.25, 0.3) is 20.2 Å². The van der Waals surface area contributed by atoms with Crippen LogP contribution in [0.4, 0.5) is 28.4 Å². The fraction of sp³-hybridized carbons (Fsp3) is 0.172. The molecule has 0 saturated heterocycles. The van der Waals surface area contributed by atoms with Crippen LogP contribution < -0.4 is 14.8 Å². The number of anilines is 1. The number of hydrogen-bond donors (Lipinski definition) is 5. The van der Waals surface area contributed by atoms with Crippen molar-refractivity contribution >= 4 is 89.5 Å². The summed E-state index contributed by atoms with van der Waals surface area (Å²) in [5.41, 5.74) is -1.99. The predicted octanol–water partition coefficient (Wildman–Crippen LogP) is 4.41. The summed E-state index contributed by atoms with van der Waals surface area (Å²) in [6.45, 7) is 2.27. The van der Waals surface area contributed by atoms with Crippen molar-refractivity contribution in [2.45, 2.75) is 14.7 Å². The van der Waals surface area contributed by atoms with Gasteiger partial charge in [0.1, 0.15) is 49.9 Å². The molecule has 0 aromatic heterocycles. The Morgan fingerprint density at radius 3 is 1.96 bits per heavy atom. The van der Waals surface area contributed by atoms with Crippen LogP contribution in [0.5, 0.6) is 17.2 Å². The van der Waals surface area contributed by atoms with E-state index in [9.17, 15) is 56.3 Å². The molecule has 0 fully saturated rings. The molecule has 0 unspecified atom stereocenters. The first-order valence-corrected chi connectivity index (χ1v) is 22.4. The maximum absolute atomic E-state index is 12.8. The Labute approximate surface area is 319 Å². The van der Waals surface area contributed by atoms with Gasteiger partial charge < -0.3 is 19.9 Å². The summed E-state index contributed by atoms with van der Waals surface area (Å²) in [6, 6.07) is 10.1. The molecule has 0 aliphatic rings. The van der Waals surface area contributed by atoms with Gasteiger partial charge in [-0.15, -0.1) is 20.5 Å². The van der Waals surface area contributed by atoms with Crippen molar-refractivity contribution in [1.82, 2.24) is 0 Å². The Kier molecular flexibility index (Phi) is 12.9. The van der Waals surface area contributed by atoms with Gasteiger partial charge in [0.15, 0.2) is 15.6 Å². The third kappa shape index (κ3) is 10.4. The maximum atomic E-state index is 12.8. The summed E-state index contributed by atoms with van der Waals surface area (Å²) in [5, 5.41) is 29.2. The van der Waals surface area contributed by atoms with Gasteiger partial charge in [0, 0.05) is 28.3 Å². The SMILES string of the molecule is C=CS(=O)(=O)c1ccccc1N=Nc1c(NCS(=O)(=O)O)ccc2c(OC)c(N=Nc3cc(OC)c(S(=O)(=O)CCOS(=O)(=O)O)cc3O)c(S(=O)(=O)O)cc12. The third-order valence-corrected chi connectivity index (χ3v) is 12.1. The van der Waals surface area contributed by atoms with E-state index >= 15 is 0 Å². The van der Waals surface area contributed by atoms with Gasteiger partial charge in [-0.25, -0.2) is 21.0 Å². The van der Waals surface area contributed by atoms with Gasteiger partial charge in [-0.2, -0.15) is 25.3 Å². The minimum Gasteiger partial charge on any atom is -0.506 e. The fourth-order valence-corrected chi connectivity index (χ4v) is 8.26. The first kappa shape index (κ1) is 43.6. The number of rotatable bonds is 17. The van der Waals surface area contributed by atoms with E-state index < -0.39 is 107 Å². The van der Waals surface area contributed by atoms with Crippen molar-refractivity contribution in [1.29, 1.82) is 0 Å². The van der Waals surface area contributed by atoms with Gasteiger partial charge in [0.05, 0.1) is 37.2 Å². The Morgan fingerprint density at radius 2 is 1.38 bits per heavy atom. The van der Waals surface area contributed by atoms with E-state index in [-0.39, 0.29) is 32.7 Å². The molecular weight excluding hydrogens is 851 g/mol. The average Bonchev–Trinajstić information content (AvgIpc) is 3.10. The van der Waals surface area contributed by atoms with E-state index in [2.05, 4.69) is 36.5 Å². The Hall–Kier alpha value is -5.13. The molecule has 0 radical (unpaired) electrons. The standard InChI is InChI=1S/C29H29N5O17S5/c1-4-52(36,37)24-8-6-5-7-19(24)31-33-27-18-13-26(55(43,44)45)28(29(50-3)17(18)9-10-20(27)30-16-54(40,41)42)34-32-21-14-23(49-2)25(15-22(21)35)53(38,39)12-11-51-56(46,47)48/h4-10,13-15,30,35H,1,11-12,16H2,2-3H3,(H,40,41,42)(H,43,44,45)(H,46,47,48). The number of nitrogens with zero attached hydrogens (tertiary/aromatic N) is 4. The molecule has 4 aromatic rings. The summed E-state index contributed by atoms with van der Waals surface area (Å²) >= 11 is 0. The Balaban J connectivity index is 1.96. The van der Waals surface area contributed by atoms with Crippen molar-refractivity contribution in [3.05, 3.63) is 66.6 Å². The van der Waals surface area contributed by atoms with E-state index in [1.54, 1.807) is 0 Å². The lowest BCUT2D eigenvalue weighted by molar-refractivity contribution is 0.283. The molecule has 56 heavy (non-hydrogen) atoms. The van der Waals surface area contributed by atoms with Crippen molar-refractivity contribution in [3.63, 3.8) is 0 Å². The number of benzene rings is 4. The number of phenolic OH excluding ortho intramolecular Hbond substituents is 1. The van der Waals surface area contributed by atoms with E-state index in [0.717, 1.165) is 26.4 Å². The zero-order valence-electron chi connectivity index (χ0n) is 28.5. The second kappa shape index (κ2) is 16.5. The van der Waals surface area contributed by atoms with Crippen LogP contribution in [-0.2, 0) is 54.5 Å². The van der Waals surface area contributed by atoms with Crippen LogP contribution in [0.2, 0.25) is 0 Å². The van der Waals surface area contributed by atoms with Crippen LogP contribution in [0.15, 0.2) is 102 Å². The minimum absolute atomic E-state index is 0.0393. The van der Waals surface area contributed by atoms with E-state index in [0.29, 0.717) is 11.5 Å². The first-order chi connectivity index (χ1) is 25.9. The molecule has 5 N–H and O–H groups in total. The largest absolute Gasteiger partial charge is 0.506 e. The number of phenols is 1. The summed E-state index contributed by atoms with van der Waals surface area (Å²) in [6.07, 6.45) is 0. The second-order valence-corrected chi connectivity index (χ2v) is 18.7. The molecule has 0 bridgehead atoms. The molecule has 302 valence electrons. The predicted molar refractivity (Wildman–Crippen MR) is 197 cm³/mol. The van der Waals surface area contributed by atoms with Crippen LogP contribution in [-0.4, -0.2) is 93.3 Å².